The Balaban J connectivity index is 2.05. The molecule has 0 bridgehead atoms. The Bertz CT molecular complexity index is 419. The van der Waals surface area contributed by atoms with E-state index in [4.69, 9.17) is 0 Å². The molecule has 6 heteroatoms. The SMILES string of the molecule is CCN1CCC(CN2C(=O)NC(=O)C(C)(C)C2=O)C1. The molecular weight excluding hydrogens is 246 g/mol. The van der Waals surface area contributed by atoms with Gasteiger partial charge in [0.25, 0.3) is 0 Å². The molecule has 106 valence electrons. The summed E-state index contributed by atoms with van der Waals surface area (Å²) in [5.41, 5.74) is -1.16. The van der Waals surface area contributed by atoms with Gasteiger partial charge in [-0.3, -0.25) is 19.8 Å². The van der Waals surface area contributed by atoms with Gasteiger partial charge in [-0.15, -0.1) is 0 Å². The third-order valence-corrected chi connectivity index (χ3v) is 4.07. The van der Waals surface area contributed by atoms with E-state index in [0.29, 0.717) is 12.5 Å². The minimum atomic E-state index is -1.16. The molecule has 2 saturated heterocycles. The summed E-state index contributed by atoms with van der Waals surface area (Å²) >= 11 is 0. The molecule has 0 aromatic heterocycles. The summed E-state index contributed by atoms with van der Waals surface area (Å²) in [6.07, 6.45) is 0.985. The van der Waals surface area contributed by atoms with E-state index >= 15 is 0 Å². The van der Waals surface area contributed by atoms with Crippen LogP contribution in [0.3, 0.4) is 0 Å². The third-order valence-electron chi connectivity index (χ3n) is 4.07. The molecule has 2 heterocycles. The maximum Gasteiger partial charge on any atom is 0.330 e. The molecule has 0 spiro atoms. The normalized spacial score (nSPS) is 27.8. The van der Waals surface area contributed by atoms with Crippen molar-refractivity contribution in [2.24, 2.45) is 11.3 Å². The fraction of sp³-hybridized carbons (Fsp3) is 0.769. The molecule has 2 aliphatic rings. The lowest BCUT2D eigenvalue weighted by molar-refractivity contribution is -0.149. The number of nitrogens with zero attached hydrogens (tertiary/aromatic N) is 2. The zero-order valence-corrected chi connectivity index (χ0v) is 11.7. The van der Waals surface area contributed by atoms with E-state index < -0.39 is 23.3 Å². The monoisotopic (exact) mass is 267 g/mol. The molecule has 0 saturated carbocycles. The molecule has 1 atom stereocenters. The number of rotatable bonds is 3. The van der Waals surface area contributed by atoms with E-state index in [9.17, 15) is 14.4 Å². The predicted molar refractivity (Wildman–Crippen MR) is 69.3 cm³/mol. The highest BCUT2D eigenvalue weighted by molar-refractivity contribution is 6.18. The van der Waals surface area contributed by atoms with Gasteiger partial charge in [-0.1, -0.05) is 6.92 Å². The van der Waals surface area contributed by atoms with Crippen molar-refractivity contribution in [1.29, 1.82) is 0 Å². The first-order valence-corrected chi connectivity index (χ1v) is 6.76. The Morgan fingerprint density at radius 2 is 2.00 bits per heavy atom. The Morgan fingerprint density at radius 1 is 1.32 bits per heavy atom. The summed E-state index contributed by atoms with van der Waals surface area (Å²) in [5.74, 6) is -0.602. The first-order chi connectivity index (χ1) is 8.86. The van der Waals surface area contributed by atoms with Crippen molar-refractivity contribution >= 4 is 17.8 Å². The van der Waals surface area contributed by atoms with Crippen LogP contribution in [0.25, 0.3) is 0 Å². The summed E-state index contributed by atoms with van der Waals surface area (Å²) in [6, 6.07) is -0.579. The van der Waals surface area contributed by atoms with Crippen molar-refractivity contribution in [2.75, 3.05) is 26.2 Å². The molecule has 0 aromatic carbocycles. The number of likely N-dealkylation sites (tertiary alicyclic amines) is 1. The van der Waals surface area contributed by atoms with Crippen LogP contribution in [0.15, 0.2) is 0 Å². The van der Waals surface area contributed by atoms with Gasteiger partial charge in [0.1, 0.15) is 5.41 Å². The van der Waals surface area contributed by atoms with E-state index in [1.807, 2.05) is 0 Å². The topological polar surface area (TPSA) is 69.7 Å². The van der Waals surface area contributed by atoms with Crippen LogP contribution in [0, 0.1) is 11.3 Å². The standard InChI is InChI=1S/C13H21N3O3/c1-4-15-6-5-9(7-15)8-16-11(18)13(2,3)10(17)14-12(16)19/h9H,4-8H2,1-3H3,(H,14,17,19). The van der Waals surface area contributed by atoms with Gasteiger partial charge in [-0.25, -0.2) is 4.79 Å². The van der Waals surface area contributed by atoms with Gasteiger partial charge in [0, 0.05) is 13.1 Å². The Labute approximate surface area is 113 Å². The molecular formula is C13H21N3O3. The number of urea groups is 1. The minimum Gasteiger partial charge on any atom is -0.303 e. The van der Waals surface area contributed by atoms with Gasteiger partial charge in [0.15, 0.2) is 0 Å². The maximum atomic E-state index is 12.2. The zero-order chi connectivity index (χ0) is 14.2. The van der Waals surface area contributed by atoms with Gasteiger partial charge < -0.3 is 4.90 Å². The highest BCUT2D eigenvalue weighted by atomic mass is 16.2. The number of hydrogen-bond donors (Lipinski definition) is 1. The summed E-state index contributed by atoms with van der Waals surface area (Å²) in [6.45, 7) is 8.50. The number of carbonyl (C=O) groups is 3. The van der Waals surface area contributed by atoms with Crippen LogP contribution in [-0.2, 0) is 9.59 Å². The van der Waals surface area contributed by atoms with Crippen LogP contribution in [0.1, 0.15) is 27.2 Å². The second-order valence-corrected chi connectivity index (χ2v) is 5.85. The van der Waals surface area contributed by atoms with Crippen LogP contribution < -0.4 is 5.32 Å². The Kier molecular flexibility index (Phi) is 3.62. The van der Waals surface area contributed by atoms with Crippen LogP contribution >= 0.6 is 0 Å². The minimum absolute atomic E-state index is 0.304. The molecule has 0 aliphatic carbocycles. The number of hydrogen-bond acceptors (Lipinski definition) is 4. The van der Waals surface area contributed by atoms with Crippen molar-refractivity contribution in [2.45, 2.75) is 27.2 Å². The average molecular weight is 267 g/mol. The number of barbiturate groups is 1. The lowest BCUT2D eigenvalue weighted by atomic mass is 9.88. The van der Waals surface area contributed by atoms with Gasteiger partial charge in [0.05, 0.1) is 0 Å². The van der Waals surface area contributed by atoms with Gasteiger partial charge in [-0.05, 0) is 39.3 Å². The number of nitrogens with one attached hydrogen (secondary N) is 1. The van der Waals surface area contributed by atoms with E-state index in [2.05, 4.69) is 17.1 Å². The molecule has 4 amide bonds. The van der Waals surface area contributed by atoms with Crippen molar-refractivity contribution in [1.82, 2.24) is 15.1 Å². The van der Waals surface area contributed by atoms with Crippen molar-refractivity contribution in [3.8, 4) is 0 Å². The highest BCUT2D eigenvalue weighted by Gasteiger charge is 2.47. The van der Waals surface area contributed by atoms with Crippen molar-refractivity contribution in [3.05, 3.63) is 0 Å². The quantitative estimate of drug-likeness (QED) is 0.753. The van der Waals surface area contributed by atoms with Gasteiger partial charge in [0.2, 0.25) is 11.8 Å². The predicted octanol–water partition coefficient (Wildman–Crippen LogP) is 0.433. The fourth-order valence-electron chi connectivity index (χ4n) is 2.62. The number of imide groups is 2. The Hall–Kier alpha value is -1.43. The third kappa shape index (κ3) is 2.49. The van der Waals surface area contributed by atoms with Crippen molar-refractivity contribution < 1.29 is 14.4 Å². The van der Waals surface area contributed by atoms with E-state index in [1.165, 1.54) is 4.90 Å². The number of carbonyl (C=O) groups excluding carboxylic acids is 3. The summed E-state index contributed by atoms with van der Waals surface area (Å²) in [5, 5.41) is 2.26. The number of amides is 4. The molecule has 2 aliphatic heterocycles. The molecule has 0 radical (unpaired) electrons. The van der Waals surface area contributed by atoms with Crippen LogP contribution in [0.4, 0.5) is 4.79 Å². The summed E-state index contributed by atoms with van der Waals surface area (Å²) in [7, 11) is 0. The molecule has 1 unspecified atom stereocenters. The molecule has 19 heavy (non-hydrogen) atoms. The molecule has 2 fully saturated rings. The highest BCUT2D eigenvalue weighted by Crippen LogP contribution is 2.26. The smallest absolute Gasteiger partial charge is 0.303 e. The molecule has 6 nitrogen and oxygen atoms in total. The average Bonchev–Trinajstić information content (AvgIpc) is 2.81. The fourth-order valence-corrected chi connectivity index (χ4v) is 2.62. The summed E-state index contributed by atoms with van der Waals surface area (Å²) < 4.78 is 0. The lowest BCUT2D eigenvalue weighted by Crippen LogP contribution is -2.62. The van der Waals surface area contributed by atoms with E-state index in [1.54, 1.807) is 13.8 Å². The van der Waals surface area contributed by atoms with Crippen LogP contribution in [0.5, 0.6) is 0 Å². The van der Waals surface area contributed by atoms with E-state index in [0.717, 1.165) is 26.1 Å². The second-order valence-electron chi connectivity index (χ2n) is 5.85. The lowest BCUT2D eigenvalue weighted by Gasteiger charge is -2.35. The summed E-state index contributed by atoms with van der Waals surface area (Å²) in [4.78, 5) is 39.2. The van der Waals surface area contributed by atoms with Gasteiger partial charge >= 0.3 is 6.03 Å². The van der Waals surface area contributed by atoms with E-state index in [-0.39, 0.29) is 0 Å². The maximum absolute atomic E-state index is 12.2. The molecule has 1 N–H and O–H groups in total. The molecule has 0 aromatic rings. The van der Waals surface area contributed by atoms with Crippen molar-refractivity contribution in [3.63, 3.8) is 0 Å². The first kappa shape index (κ1) is 14.0. The zero-order valence-electron chi connectivity index (χ0n) is 11.7. The van der Waals surface area contributed by atoms with Crippen LogP contribution in [-0.4, -0.2) is 53.8 Å². The van der Waals surface area contributed by atoms with Gasteiger partial charge in [-0.2, -0.15) is 0 Å². The van der Waals surface area contributed by atoms with Crippen LogP contribution in [0.2, 0.25) is 0 Å². The largest absolute Gasteiger partial charge is 0.330 e. The molecule has 2 rings (SSSR count). The Morgan fingerprint density at radius 3 is 2.58 bits per heavy atom. The second kappa shape index (κ2) is 4.92. The first-order valence-electron chi connectivity index (χ1n) is 6.76.